The summed E-state index contributed by atoms with van der Waals surface area (Å²) in [5.74, 6) is -1.25. The minimum Gasteiger partial charge on any atom is -0.376 e. The van der Waals surface area contributed by atoms with Crippen molar-refractivity contribution in [2.24, 2.45) is 7.05 Å². The predicted molar refractivity (Wildman–Crippen MR) is 134 cm³/mol. The first kappa shape index (κ1) is 23.5. The van der Waals surface area contributed by atoms with Gasteiger partial charge >= 0.3 is 0 Å². The van der Waals surface area contributed by atoms with Crippen LogP contribution in [0.1, 0.15) is 16.1 Å². The topological polar surface area (TPSA) is 97.2 Å². The number of benzene rings is 3. The quantitative estimate of drug-likeness (QED) is 0.379. The Labute approximate surface area is 201 Å². The van der Waals surface area contributed by atoms with E-state index in [2.05, 4.69) is 16.0 Å². The molecule has 3 aromatic carbocycles. The van der Waals surface area contributed by atoms with Crippen LogP contribution in [0.3, 0.4) is 0 Å². The molecule has 4 aromatic rings. The molecule has 2 amide bonds. The van der Waals surface area contributed by atoms with E-state index in [1.165, 1.54) is 28.9 Å². The van der Waals surface area contributed by atoms with Gasteiger partial charge in [-0.1, -0.05) is 30.3 Å². The Balaban J connectivity index is 1.46. The zero-order valence-electron chi connectivity index (χ0n) is 19.2. The Bertz CT molecular complexity index is 1430. The molecule has 0 atom stereocenters. The largest absolute Gasteiger partial charge is 0.376 e. The van der Waals surface area contributed by atoms with E-state index in [0.717, 1.165) is 0 Å². The molecule has 9 heteroatoms. The van der Waals surface area contributed by atoms with E-state index in [4.69, 9.17) is 0 Å². The Hall–Kier alpha value is -4.66. The van der Waals surface area contributed by atoms with Gasteiger partial charge in [0.05, 0.1) is 23.5 Å². The minimum absolute atomic E-state index is 0.167. The summed E-state index contributed by atoms with van der Waals surface area (Å²) in [5, 5.41) is 8.33. The fraction of sp³-hybridized carbons (Fsp3) is 0.115. The highest BCUT2D eigenvalue weighted by molar-refractivity contribution is 6.08. The lowest BCUT2D eigenvalue weighted by Gasteiger charge is -2.12. The zero-order valence-corrected chi connectivity index (χ0v) is 19.2. The number of hydrogen-bond acceptors (Lipinski definition) is 4. The highest BCUT2D eigenvalue weighted by atomic mass is 19.1. The van der Waals surface area contributed by atoms with E-state index < -0.39 is 17.6 Å². The van der Waals surface area contributed by atoms with Gasteiger partial charge in [-0.2, -0.15) is 0 Å². The van der Waals surface area contributed by atoms with Crippen LogP contribution in [0.5, 0.6) is 0 Å². The fourth-order valence-corrected chi connectivity index (χ4v) is 3.64. The molecule has 8 nitrogen and oxygen atoms in total. The Morgan fingerprint density at radius 3 is 2.26 bits per heavy atom. The molecule has 35 heavy (non-hydrogen) atoms. The maximum Gasteiger partial charge on any atom is 0.295 e. The number of aromatic nitrogens is 2. The second-order valence-corrected chi connectivity index (χ2v) is 7.84. The lowest BCUT2D eigenvalue weighted by molar-refractivity contribution is -0.114. The molecule has 0 fully saturated rings. The molecular formula is C26H24FN5O3. The highest BCUT2D eigenvalue weighted by Gasteiger charge is 2.18. The van der Waals surface area contributed by atoms with Crippen molar-refractivity contribution in [2.75, 3.05) is 22.5 Å². The normalized spacial score (nSPS) is 10.6. The van der Waals surface area contributed by atoms with Crippen molar-refractivity contribution >= 4 is 28.9 Å². The van der Waals surface area contributed by atoms with Crippen LogP contribution in [0.4, 0.5) is 21.5 Å². The third-order valence-electron chi connectivity index (χ3n) is 5.53. The smallest absolute Gasteiger partial charge is 0.295 e. The number of amides is 2. The number of anilines is 3. The van der Waals surface area contributed by atoms with E-state index in [1.54, 1.807) is 42.9 Å². The number of para-hydroxylation sites is 2. The Morgan fingerprint density at radius 1 is 0.886 bits per heavy atom. The van der Waals surface area contributed by atoms with E-state index in [-0.39, 0.29) is 17.8 Å². The number of carbonyl (C=O) groups excluding carboxylic acids is 2. The van der Waals surface area contributed by atoms with E-state index in [0.29, 0.717) is 28.3 Å². The maximum absolute atomic E-state index is 13.1. The molecule has 0 aliphatic carbocycles. The van der Waals surface area contributed by atoms with Gasteiger partial charge in [0.1, 0.15) is 11.5 Å². The highest BCUT2D eigenvalue weighted by Crippen LogP contribution is 2.18. The molecule has 4 rings (SSSR count). The van der Waals surface area contributed by atoms with Crippen molar-refractivity contribution in [1.82, 2.24) is 9.36 Å². The van der Waals surface area contributed by atoms with Crippen molar-refractivity contribution in [3.8, 4) is 5.69 Å². The molecule has 1 aromatic heterocycles. The summed E-state index contributed by atoms with van der Waals surface area (Å²) in [6.45, 7) is 1.58. The van der Waals surface area contributed by atoms with Gasteiger partial charge in [0.15, 0.2) is 0 Å². The average molecular weight is 474 g/mol. The lowest BCUT2D eigenvalue weighted by atomic mass is 10.1. The molecule has 1 heterocycles. The molecule has 0 aliphatic heterocycles. The second kappa shape index (κ2) is 10.1. The second-order valence-electron chi connectivity index (χ2n) is 7.84. The van der Waals surface area contributed by atoms with Gasteiger partial charge in [-0.05, 0) is 55.5 Å². The van der Waals surface area contributed by atoms with E-state index in [9.17, 15) is 18.8 Å². The van der Waals surface area contributed by atoms with Crippen LogP contribution in [0.2, 0.25) is 0 Å². The summed E-state index contributed by atoms with van der Waals surface area (Å²) in [5.41, 5.74) is 2.32. The third kappa shape index (κ3) is 5.14. The summed E-state index contributed by atoms with van der Waals surface area (Å²) in [4.78, 5) is 38.4. The molecule has 0 aliphatic rings. The number of nitrogens with one attached hydrogen (secondary N) is 3. The first-order valence-electron chi connectivity index (χ1n) is 10.9. The van der Waals surface area contributed by atoms with Crippen LogP contribution in [0, 0.1) is 12.7 Å². The molecule has 0 spiro atoms. The summed E-state index contributed by atoms with van der Waals surface area (Å²) >= 11 is 0. The first-order chi connectivity index (χ1) is 16.8. The summed E-state index contributed by atoms with van der Waals surface area (Å²) in [6.07, 6.45) is 0. The predicted octanol–water partition coefficient (Wildman–Crippen LogP) is 3.93. The monoisotopic (exact) mass is 473 g/mol. The number of carbonyl (C=O) groups is 2. The summed E-state index contributed by atoms with van der Waals surface area (Å²) in [6, 6.07) is 21.3. The van der Waals surface area contributed by atoms with Crippen LogP contribution in [0.15, 0.2) is 83.7 Å². The number of nitrogens with zero attached hydrogens (tertiary/aromatic N) is 2. The van der Waals surface area contributed by atoms with Gasteiger partial charge in [-0.3, -0.25) is 19.1 Å². The van der Waals surface area contributed by atoms with E-state index in [1.807, 2.05) is 30.3 Å². The standard InChI is InChI=1S/C26H24FN5O3/c1-17-24(26(35)32(31(17)2)20-8-4-3-5-9-20)30-23(33)16-28-22-11-7-6-10-21(22)25(34)29-19-14-12-18(27)13-15-19/h3-15,28H,16H2,1-2H3,(H,29,34)(H,30,33). The van der Waals surface area contributed by atoms with Gasteiger partial charge in [0.25, 0.3) is 11.5 Å². The molecule has 178 valence electrons. The van der Waals surface area contributed by atoms with Crippen molar-refractivity contribution in [3.05, 3.63) is 106 Å². The van der Waals surface area contributed by atoms with Crippen LogP contribution >= 0.6 is 0 Å². The van der Waals surface area contributed by atoms with Gasteiger partial charge in [0, 0.05) is 18.4 Å². The van der Waals surface area contributed by atoms with Crippen LogP contribution in [-0.2, 0) is 11.8 Å². The molecule has 0 saturated heterocycles. The molecule has 0 radical (unpaired) electrons. The maximum atomic E-state index is 13.1. The minimum atomic E-state index is -0.440. The molecule has 0 unspecified atom stereocenters. The molecule has 3 N–H and O–H groups in total. The van der Waals surface area contributed by atoms with Gasteiger partial charge in [-0.25, -0.2) is 9.07 Å². The lowest BCUT2D eigenvalue weighted by Crippen LogP contribution is -2.27. The van der Waals surface area contributed by atoms with Gasteiger partial charge < -0.3 is 16.0 Å². The van der Waals surface area contributed by atoms with Crippen molar-refractivity contribution in [2.45, 2.75) is 6.92 Å². The SMILES string of the molecule is Cc1c(NC(=O)CNc2ccccc2C(=O)Nc2ccc(F)cc2)c(=O)n(-c2ccccc2)n1C. The third-order valence-corrected chi connectivity index (χ3v) is 5.53. The van der Waals surface area contributed by atoms with Crippen LogP contribution < -0.4 is 21.5 Å². The van der Waals surface area contributed by atoms with Gasteiger partial charge in [0.2, 0.25) is 5.91 Å². The zero-order chi connectivity index (χ0) is 24.9. The first-order valence-corrected chi connectivity index (χ1v) is 10.9. The fourth-order valence-electron chi connectivity index (χ4n) is 3.64. The molecule has 0 saturated carbocycles. The molecular weight excluding hydrogens is 449 g/mol. The van der Waals surface area contributed by atoms with Gasteiger partial charge in [-0.15, -0.1) is 0 Å². The van der Waals surface area contributed by atoms with E-state index >= 15 is 0 Å². The summed E-state index contributed by atoms with van der Waals surface area (Å²) < 4.78 is 16.3. The Morgan fingerprint density at radius 2 is 1.54 bits per heavy atom. The van der Waals surface area contributed by atoms with Crippen molar-refractivity contribution in [1.29, 1.82) is 0 Å². The van der Waals surface area contributed by atoms with Crippen molar-refractivity contribution < 1.29 is 14.0 Å². The number of hydrogen-bond donors (Lipinski definition) is 3. The van der Waals surface area contributed by atoms with Crippen LogP contribution in [0.25, 0.3) is 5.69 Å². The average Bonchev–Trinajstić information content (AvgIpc) is 3.07. The number of halogens is 1. The Kier molecular flexibility index (Phi) is 6.77. The summed E-state index contributed by atoms with van der Waals surface area (Å²) in [7, 11) is 1.74. The number of rotatable bonds is 7. The van der Waals surface area contributed by atoms with Crippen molar-refractivity contribution in [3.63, 3.8) is 0 Å². The molecule has 0 bridgehead atoms. The van der Waals surface area contributed by atoms with Crippen LogP contribution in [-0.4, -0.2) is 27.7 Å².